The number of piperidine rings is 1. The van der Waals surface area contributed by atoms with Gasteiger partial charge in [0, 0.05) is 24.3 Å². The van der Waals surface area contributed by atoms with Crippen LogP contribution in [0.1, 0.15) is 30.9 Å². The van der Waals surface area contributed by atoms with Gasteiger partial charge in [-0.1, -0.05) is 24.3 Å². The topological polar surface area (TPSA) is 63.7 Å². The Morgan fingerprint density at radius 2 is 2.00 bits per heavy atom. The van der Waals surface area contributed by atoms with Gasteiger partial charge in [0.25, 0.3) is 0 Å². The summed E-state index contributed by atoms with van der Waals surface area (Å²) >= 11 is 1.50. The second kappa shape index (κ2) is 10.1. The fourth-order valence-electron chi connectivity index (χ4n) is 3.87. The van der Waals surface area contributed by atoms with E-state index in [1.165, 1.54) is 35.8 Å². The van der Waals surface area contributed by atoms with Gasteiger partial charge in [0.2, 0.25) is 5.91 Å². The van der Waals surface area contributed by atoms with Crippen molar-refractivity contribution in [2.75, 3.05) is 32.6 Å². The summed E-state index contributed by atoms with van der Waals surface area (Å²) < 4.78 is 11.7. The third-order valence-corrected chi connectivity index (χ3v) is 6.75. The number of methoxy groups -OCH3 is 2. The molecule has 1 saturated heterocycles. The molecule has 1 fully saturated rings. The first-order valence-electron chi connectivity index (χ1n) is 10.9. The van der Waals surface area contributed by atoms with Crippen LogP contribution >= 0.6 is 11.3 Å². The Balaban J connectivity index is 1.40. The van der Waals surface area contributed by atoms with E-state index in [9.17, 15) is 4.79 Å². The van der Waals surface area contributed by atoms with E-state index in [0.717, 1.165) is 41.3 Å². The summed E-state index contributed by atoms with van der Waals surface area (Å²) in [6.45, 7) is 5.62. The van der Waals surface area contributed by atoms with E-state index in [2.05, 4.69) is 34.3 Å². The number of hydrogen-bond donors (Lipinski definition) is 1. The summed E-state index contributed by atoms with van der Waals surface area (Å²) in [5.41, 5.74) is 2.99. The molecule has 1 amide bonds. The van der Waals surface area contributed by atoms with E-state index in [1.54, 1.807) is 26.4 Å². The average Bonchev–Trinajstić information content (AvgIpc) is 3.20. The molecule has 0 aliphatic carbocycles. The lowest BCUT2D eigenvalue weighted by Gasteiger charge is -2.30. The van der Waals surface area contributed by atoms with Crippen molar-refractivity contribution in [2.24, 2.45) is 5.92 Å². The van der Waals surface area contributed by atoms with Crippen LogP contribution < -0.4 is 14.8 Å². The second-order valence-corrected chi connectivity index (χ2v) is 9.24. The summed E-state index contributed by atoms with van der Waals surface area (Å²) in [5.74, 6) is 1.95. The molecule has 1 aromatic heterocycles. The van der Waals surface area contributed by atoms with Crippen molar-refractivity contribution in [3.63, 3.8) is 0 Å². The van der Waals surface area contributed by atoms with Crippen molar-refractivity contribution in [1.82, 2.24) is 9.88 Å². The number of carbonyl (C=O) groups is 1. The molecule has 0 radical (unpaired) electrons. The van der Waals surface area contributed by atoms with Gasteiger partial charge in [0.1, 0.15) is 11.5 Å². The maximum absolute atomic E-state index is 12.4. The highest BCUT2D eigenvalue weighted by Gasteiger charge is 2.16. The Kier molecular flexibility index (Phi) is 7.07. The molecule has 6 nitrogen and oxygen atoms in total. The summed E-state index contributed by atoms with van der Waals surface area (Å²) in [5, 5.41) is 3.47. The van der Waals surface area contributed by atoms with Crippen molar-refractivity contribution in [3.8, 4) is 11.5 Å². The number of likely N-dealkylation sites (tertiary alicyclic amines) is 1. The van der Waals surface area contributed by atoms with Gasteiger partial charge in [0.15, 0.2) is 5.13 Å². The van der Waals surface area contributed by atoms with Gasteiger partial charge >= 0.3 is 0 Å². The van der Waals surface area contributed by atoms with Crippen molar-refractivity contribution in [3.05, 3.63) is 53.6 Å². The average molecular weight is 452 g/mol. The van der Waals surface area contributed by atoms with Crippen LogP contribution in [0.3, 0.4) is 0 Å². The molecule has 3 aromatic rings. The molecule has 1 aliphatic rings. The van der Waals surface area contributed by atoms with Crippen LogP contribution in [0.15, 0.2) is 42.5 Å². The van der Waals surface area contributed by atoms with Crippen LogP contribution in [0.5, 0.6) is 11.5 Å². The smallest absolute Gasteiger partial charge is 0.250 e. The first-order valence-corrected chi connectivity index (χ1v) is 11.7. The van der Waals surface area contributed by atoms with E-state index in [1.807, 2.05) is 18.2 Å². The number of thiazole rings is 1. The number of nitrogens with zero attached hydrogens (tertiary/aromatic N) is 2. The number of fused-ring (bicyclic) bond motifs is 1. The highest BCUT2D eigenvalue weighted by molar-refractivity contribution is 7.22. The third-order valence-electron chi connectivity index (χ3n) is 5.82. The zero-order chi connectivity index (χ0) is 22.5. The molecule has 0 saturated carbocycles. The van der Waals surface area contributed by atoms with Gasteiger partial charge in [-0.2, -0.15) is 0 Å². The molecular weight excluding hydrogens is 422 g/mol. The first kappa shape index (κ1) is 22.3. The van der Waals surface area contributed by atoms with E-state index in [-0.39, 0.29) is 5.91 Å². The second-order valence-electron chi connectivity index (χ2n) is 8.21. The number of nitrogens with one attached hydrogen (secondary N) is 1. The number of amides is 1. The number of rotatable bonds is 7. The van der Waals surface area contributed by atoms with Gasteiger partial charge in [-0.3, -0.25) is 15.0 Å². The zero-order valence-electron chi connectivity index (χ0n) is 18.8. The number of anilines is 1. The minimum absolute atomic E-state index is 0.232. The number of aromatic nitrogens is 1. The van der Waals surface area contributed by atoms with Crippen molar-refractivity contribution >= 4 is 38.7 Å². The molecule has 168 valence electrons. The maximum atomic E-state index is 12.4. The Bertz CT molecular complexity index is 1120. The summed E-state index contributed by atoms with van der Waals surface area (Å²) in [4.78, 5) is 19.5. The number of benzene rings is 2. The molecule has 2 aromatic carbocycles. The van der Waals surface area contributed by atoms with Crippen molar-refractivity contribution in [2.45, 2.75) is 26.3 Å². The number of ether oxygens (including phenoxy) is 2. The lowest BCUT2D eigenvalue weighted by atomic mass is 9.99. The molecule has 0 unspecified atom stereocenters. The minimum atomic E-state index is -0.232. The highest BCUT2D eigenvalue weighted by atomic mass is 32.1. The fourth-order valence-corrected chi connectivity index (χ4v) is 4.80. The molecule has 0 spiro atoms. The van der Waals surface area contributed by atoms with Gasteiger partial charge in [-0.05, 0) is 67.8 Å². The minimum Gasteiger partial charge on any atom is -0.497 e. The van der Waals surface area contributed by atoms with E-state index in [0.29, 0.717) is 16.6 Å². The van der Waals surface area contributed by atoms with Crippen molar-refractivity contribution in [1.29, 1.82) is 0 Å². The molecule has 2 heterocycles. The molecular formula is C25H29N3O3S. The predicted molar refractivity (Wildman–Crippen MR) is 131 cm³/mol. The van der Waals surface area contributed by atoms with Crippen molar-refractivity contribution < 1.29 is 14.3 Å². The molecule has 0 atom stereocenters. The van der Waals surface area contributed by atoms with E-state index in [4.69, 9.17) is 9.47 Å². The maximum Gasteiger partial charge on any atom is 0.250 e. The standard InChI is InChI=1S/C25H29N3O3S/c1-17-10-12-28(13-11-17)16-18-4-8-21-23(14-18)32-25(26-21)27-24(29)9-6-19-5-7-20(30-2)15-22(19)31-3/h4-9,14-15,17H,10-13,16H2,1-3H3,(H,26,27,29)/b9-6+. The Morgan fingerprint density at radius 3 is 2.75 bits per heavy atom. The Morgan fingerprint density at radius 1 is 1.19 bits per heavy atom. The van der Waals surface area contributed by atoms with Crippen LogP contribution in [0.25, 0.3) is 16.3 Å². The van der Waals surface area contributed by atoms with Crippen LogP contribution in [-0.2, 0) is 11.3 Å². The van der Waals surface area contributed by atoms with Crippen LogP contribution in [-0.4, -0.2) is 43.1 Å². The molecule has 1 N–H and O–H groups in total. The van der Waals surface area contributed by atoms with Crippen LogP contribution in [0, 0.1) is 5.92 Å². The molecule has 0 bridgehead atoms. The Labute approximate surface area is 192 Å². The Hall–Kier alpha value is -2.90. The van der Waals surface area contributed by atoms with Crippen LogP contribution in [0.2, 0.25) is 0 Å². The van der Waals surface area contributed by atoms with E-state index >= 15 is 0 Å². The van der Waals surface area contributed by atoms with Crippen LogP contribution in [0.4, 0.5) is 5.13 Å². The van der Waals surface area contributed by atoms with Gasteiger partial charge in [-0.15, -0.1) is 0 Å². The number of carbonyl (C=O) groups excluding carboxylic acids is 1. The lowest BCUT2D eigenvalue weighted by Crippen LogP contribution is -2.32. The summed E-state index contributed by atoms with van der Waals surface area (Å²) in [6, 6.07) is 11.8. The molecule has 1 aliphatic heterocycles. The lowest BCUT2D eigenvalue weighted by molar-refractivity contribution is -0.111. The third kappa shape index (κ3) is 5.47. The van der Waals surface area contributed by atoms with Gasteiger partial charge < -0.3 is 9.47 Å². The van der Waals surface area contributed by atoms with Gasteiger partial charge in [0.05, 0.1) is 24.4 Å². The quantitative estimate of drug-likeness (QED) is 0.501. The monoisotopic (exact) mass is 451 g/mol. The molecule has 4 rings (SSSR count). The number of hydrogen-bond acceptors (Lipinski definition) is 6. The summed E-state index contributed by atoms with van der Waals surface area (Å²) in [6.07, 6.45) is 5.75. The fraction of sp³-hybridized carbons (Fsp3) is 0.360. The van der Waals surface area contributed by atoms with Gasteiger partial charge in [-0.25, -0.2) is 4.98 Å². The molecule has 32 heavy (non-hydrogen) atoms. The summed E-state index contributed by atoms with van der Waals surface area (Å²) in [7, 11) is 3.19. The largest absolute Gasteiger partial charge is 0.497 e. The zero-order valence-corrected chi connectivity index (χ0v) is 19.6. The first-order chi connectivity index (χ1) is 15.5. The SMILES string of the molecule is COc1ccc(/C=C/C(=O)Nc2nc3ccc(CN4CCC(C)CC4)cc3s2)c(OC)c1. The predicted octanol–water partition coefficient (Wildman–Crippen LogP) is 5.20. The molecule has 7 heteroatoms. The van der Waals surface area contributed by atoms with E-state index < -0.39 is 0 Å². The highest BCUT2D eigenvalue weighted by Crippen LogP contribution is 2.29. The normalized spacial score (nSPS) is 15.3.